The van der Waals surface area contributed by atoms with Crippen LogP contribution in [0.3, 0.4) is 0 Å². The van der Waals surface area contributed by atoms with E-state index < -0.39 is 0 Å². The summed E-state index contributed by atoms with van der Waals surface area (Å²) < 4.78 is 15.8. The van der Waals surface area contributed by atoms with Crippen LogP contribution in [0, 0.1) is 11.8 Å². The van der Waals surface area contributed by atoms with E-state index in [1.165, 1.54) is 7.11 Å². The van der Waals surface area contributed by atoms with E-state index in [4.69, 9.17) is 14.2 Å². The molecule has 1 aliphatic rings. The van der Waals surface area contributed by atoms with Gasteiger partial charge in [0.15, 0.2) is 28.8 Å². The zero-order chi connectivity index (χ0) is 18.0. The van der Waals surface area contributed by atoms with E-state index in [2.05, 4.69) is 6.92 Å². The summed E-state index contributed by atoms with van der Waals surface area (Å²) in [7, 11) is 1.52. The van der Waals surface area contributed by atoms with Crippen LogP contribution in [-0.2, 0) is 6.42 Å². The molecule has 0 fully saturated rings. The number of carbonyl (C=O) groups is 1. The molecule has 1 aliphatic heterocycles. The Morgan fingerprint density at radius 2 is 1.92 bits per heavy atom. The number of phenolic OH excluding ortho intramolecular Hbond substituents is 1. The molecule has 1 heterocycles. The van der Waals surface area contributed by atoms with Crippen LogP contribution in [0.2, 0.25) is 0 Å². The van der Waals surface area contributed by atoms with Crippen LogP contribution < -0.4 is 14.2 Å². The maximum atomic E-state index is 12.8. The molecule has 0 radical (unpaired) electrons. The molecule has 25 heavy (non-hydrogen) atoms. The van der Waals surface area contributed by atoms with E-state index in [0.717, 1.165) is 5.56 Å². The second-order valence-electron chi connectivity index (χ2n) is 6.41. The average molecular weight is 342 g/mol. The highest BCUT2D eigenvalue weighted by Crippen LogP contribution is 2.34. The van der Waals surface area contributed by atoms with Crippen molar-refractivity contribution >= 4 is 5.78 Å². The first-order valence-electron chi connectivity index (χ1n) is 8.29. The summed E-state index contributed by atoms with van der Waals surface area (Å²) in [6.45, 7) is 4.19. The Kier molecular flexibility index (Phi) is 4.83. The lowest BCUT2D eigenvalue weighted by Crippen LogP contribution is -2.21. The predicted octanol–water partition coefficient (Wildman–Crippen LogP) is 3.83. The Bertz CT molecular complexity index is 784. The minimum absolute atomic E-state index is 0.0801. The highest BCUT2D eigenvalue weighted by atomic mass is 16.7. The molecule has 0 unspecified atom stereocenters. The fourth-order valence-electron chi connectivity index (χ4n) is 2.97. The van der Waals surface area contributed by atoms with Crippen LogP contribution in [0.25, 0.3) is 0 Å². The summed E-state index contributed by atoms with van der Waals surface area (Å²) in [5, 5.41) is 9.69. The molecule has 2 aromatic carbocycles. The Balaban J connectivity index is 1.71. The Morgan fingerprint density at radius 1 is 1.16 bits per heavy atom. The van der Waals surface area contributed by atoms with Crippen molar-refractivity contribution in [3.8, 4) is 23.0 Å². The number of ketones is 1. The Morgan fingerprint density at radius 3 is 2.68 bits per heavy atom. The summed E-state index contributed by atoms with van der Waals surface area (Å²) in [6, 6.07) is 10.6. The van der Waals surface area contributed by atoms with Crippen molar-refractivity contribution in [1.29, 1.82) is 0 Å². The van der Waals surface area contributed by atoms with Gasteiger partial charge in [-0.15, -0.1) is 0 Å². The van der Waals surface area contributed by atoms with E-state index in [1.807, 2.05) is 19.1 Å². The predicted molar refractivity (Wildman–Crippen MR) is 93.6 cm³/mol. The number of rotatable bonds is 6. The third-order valence-electron chi connectivity index (χ3n) is 4.73. The van der Waals surface area contributed by atoms with Crippen molar-refractivity contribution in [1.82, 2.24) is 0 Å². The van der Waals surface area contributed by atoms with Gasteiger partial charge in [0.1, 0.15) is 0 Å². The van der Waals surface area contributed by atoms with Gasteiger partial charge in [-0.2, -0.15) is 0 Å². The first-order valence-corrected chi connectivity index (χ1v) is 8.29. The van der Waals surface area contributed by atoms with Crippen molar-refractivity contribution in [2.24, 2.45) is 11.8 Å². The molecule has 5 heteroatoms. The molecule has 0 saturated heterocycles. The van der Waals surface area contributed by atoms with Crippen LogP contribution in [0.4, 0.5) is 0 Å². The van der Waals surface area contributed by atoms with Crippen LogP contribution >= 0.6 is 0 Å². The van der Waals surface area contributed by atoms with Crippen LogP contribution in [0.15, 0.2) is 36.4 Å². The lowest BCUT2D eigenvalue weighted by Gasteiger charge is -2.19. The molecular formula is C20H22O5. The fourth-order valence-corrected chi connectivity index (χ4v) is 2.97. The molecule has 0 saturated carbocycles. The van der Waals surface area contributed by atoms with Crippen molar-refractivity contribution in [3.05, 3.63) is 47.5 Å². The number of benzene rings is 2. The van der Waals surface area contributed by atoms with Gasteiger partial charge in [-0.3, -0.25) is 4.79 Å². The number of fused-ring (bicyclic) bond motifs is 1. The van der Waals surface area contributed by atoms with Gasteiger partial charge in [-0.05, 0) is 48.2 Å². The van der Waals surface area contributed by atoms with Gasteiger partial charge in [0.25, 0.3) is 0 Å². The SMILES string of the molecule is COc1cc(C[C@H](C)[C@@H](C)C(=O)c2ccc3c(c2)OCO3)ccc1O. The van der Waals surface area contributed by atoms with E-state index >= 15 is 0 Å². The summed E-state index contributed by atoms with van der Waals surface area (Å²) in [6.07, 6.45) is 0.716. The molecule has 0 bridgehead atoms. The number of methoxy groups -OCH3 is 1. The van der Waals surface area contributed by atoms with Gasteiger partial charge >= 0.3 is 0 Å². The fraction of sp³-hybridized carbons (Fsp3) is 0.350. The summed E-state index contributed by atoms with van der Waals surface area (Å²) in [4.78, 5) is 12.8. The number of hydrogen-bond acceptors (Lipinski definition) is 5. The molecule has 3 rings (SSSR count). The van der Waals surface area contributed by atoms with Gasteiger partial charge in [-0.1, -0.05) is 19.9 Å². The van der Waals surface area contributed by atoms with Gasteiger partial charge < -0.3 is 19.3 Å². The molecule has 5 nitrogen and oxygen atoms in total. The number of aromatic hydroxyl groups is 1. The largest absolute Gasteiger partial charge is 0.504 e. The highest BCUT2D eigenvalue weighted by molar-refractivity contribution is 5.98. The highest BCUT2D eigenvalue weighted by Gasteiger charge is 2.24. The van der Waals surface area contributed by atoms with Crippen molar-refractivity contribution in [2.45, 2.75) is 20.3 Å². The maximum absolute atomic E-state index is 12.8. The molecule has 0 amide bonds. The molecule has 2 aromatic rings. The topological polar surface area (TPSA) is 65.0 Å². The molecule has 1 N–H and O–H groups in total. The van der Waals surface area contributed by atoms with Gasteiger partial charge in [0.05, 0.1) is 7.11 Å². The van der Waals surface area contributed by atoms with Gasteiger partial charge in [0.2, 0.25) is 6.79 Å². The molecular weight excluding hydrogens is 320 g/mol. The van der Waals surface area contributed by atoms with E-state index in [9.17, 15) is 9.90 Å². The number of hydrogen-bond donors (Lipinski definition) is 1. The molecule has 0 aromatic heterocycles. The average Bonchev–Trinajstić information content (AvgIpc) is 3.09. The second-order valence-corrected chi connectivity index (χ2v) is 6.41. The van der Waals surface area contributed by atoms with Crippen molar-refractivity contribution in [3.63, 3.8) is 0 Å². The lowest BCUT2D eigenvalue weighted by molar-refractivity contribution is 0.0892. The molecule has 2 atom stereocenters. The third kappa shape index (κ3) is 3.55. The summed E-state index contributed by atoms with van der Waals surface area (Å²) >= 11 is 0. The first-order chi connectivity index (χ1) is 12.0. The van der Waals surface area contributed by atoms with Crippen LogP contribution in [-0.4, -0.2) is 24.8 Å². The minimum Gasteiger partial charge on any atom is -0.504 e. The Hall–Kier alpha value is -2.69. The standard InChI is InChI=1S/C20H22O5/c1-12(8-14-4-6-16(21)18(9-14)23-3)13(2)20(22)15-5-7-17-19(10-15)25-11-24-17/h4-7,9-10,12-13,21H,8,11H2,1-3H3/t12-,13+/m0/s1. The zero-order valence-electron chi connectivity index (χ0n) is 14.6. The lowest BCUT2D eigenvalue weighted by atomic mass is 9.84. The van der Waals surface area contributed by atoms with E-state index in [1.54, 1.807) is 24.3 Å². The summed E-state index contributed by atoms with van der Waals surface area (Å²) in [5.41, 5.74) is 1.65. The molecule has 0 spiro atoms. The van der Waals surface area contributed by atoms with Crippen molar-refractivity contribution in [2.75, 3.05) is 13.9 Å². The normalized spacial score (nSPS) is 14.8. The first kappa shape index (κ1) is 17.1. The quantitative estimate of drug-likeness (QED) is 0.808. The monoisotopic (exact) mass is 342 g/mol. The minimum atomic E-state index is -0.153. The molecule has 132 valence electrons. The van der Waals surface area contributed by atoms with Gasteiger partial charge in [-0.25, -0.2) is 0 Å². The third-order valence-corrected chi connectivity index (χ3v) is 4.73. The number of carbonyl (C=O) groups excluding carboxylic acids is 1. The van der Waals surface area contributed by atoms with Crippen molar-refractivity contribution < 1.29 is 24.1 Å². The van der Waals surface area contributed by atoms with Crippen LogP contribution in [0.1, 0.15) is 29.8 Å². The second kappa shape index (κ2) is 7.05. The number of ether oxygens (including phenoxy) is 3. The van der Waals surface area contributed by atoms with E-state index in [-0.39, 0.29) is 30.2 Å². The summed E-state index contributed by atoms with van der Waals surface area (Å²) in [5.74, 6) is 1.91. The van der Waals surface area contributed by atoms with Crippen LogP contribution in [0.5, 0.6) is 23.0 Å². The van der Waals surface area contributed by atoms with E-state index in [0.29, 0.717) is 29.2 Å². The maximum Gasteiger partial charge on any atom is 0.231 e. The number of Topliss-reactive ketones (excluding diaryl/α,β-unsaturated/α-hetero) is 1. The molecule has 0 aliphatic carbocycles. The zero-order valence-corrected chi connectivity index (χ0v) is 14.6. The smallest absolute Gasteiger partial charge is 0.231 e. The van der Waals surface area contributed by atoms with Gasteiger partial charge in [0, 0.05) is 11.5 Å². The Labute approximate surface area is 147 Å². The number of phenols is 1.